The first-order chi connectivity index (χ1) is 13.7. The molecule has 1 aromatic carbocycles. The second-order valence-electron chi connectivity index (χ2n) is 6.04. The highest BCUT2D eigenvalue weighted by molar-refractivity contribution is 7.90. The van der Waals surface area contributed by atoms with Crippen molar-refractivity contribution in [2.45, 2.75) is 10.9 Å². The van der Waals surface area contributed by atoms with E-state index in [1.165, 1.54) is 18.2 Å². The van der Waals surface area contributed by atoms with E-state index < -0.39 is 15.9 Å². The van der Waals surface area contributed by atoms with Gasteiger partial charge in [-0.05, 0) is 17.7 Å². The molecule has 0 fully saturated rings. The van der Waals surface area contributed by atoms with E-state index in [1.54, 1.807) is 6.19 Å². The number of nitrogens with two attached hydrogens (primary N) is 2. The number of sulfone groups is 1. The zero-order valence-corrected chi connectivity index (χ0v) is 15.7. The lowest BCUT2D eigenvalue weighted by Crippen LogP contribution is -2.32. The predicted octanol–water partition coefficient (Wildman–Crippen LogP) is 0.334. The number of fused-ring (bicyclic) bond motifs is 1. The summed E-state index contributed by atoms with van der Waals surface area (Å²) in [5.41, 5.74) is 12.6. The van der Waals surface area contributed by atoms with Crippen LogP contribution in [0, 0.1) is 34.1 Å². The molecule has 0 saturated carbocycles. The molecule has 1 unspecified atom stereocenters. The van der Waals surface area contributed by atoms with Crippen molar-refractivity contribution in [2.75, 3.05) is 23.0 Å². The number of nitrogens with one attached hydrogen (secondary N) is 2. The van der Waals surface area contributed by atoms with Gasteiger partial charge < -0.3 is 16.8 Å². The summed E-state index contributed by atoms with van der Waals surface area (Å²) in [5, 5.41) is 32.8. The molecule has 144 valence electrons. The zero-order valence-electron chi connectivity index (χ0n) is 14.9. The summed E-state index contributed by atoms with van der Waals surface area (Å²) in [6.07, 6.45) is 2.73. The van der Waals surface area contributed by atoms with Crippen molar-refractivity contribution < 1.29 is 8.42 Å². The Hall–Kier alpha value is -4.34. The van der Waals surface area contributed by atoms with Crippen LogP contribution in [0.5, 0.6) is 0 Å². The minimum atomic E-state index is -3.62. The molecule has 0 aliphatic carbocycles. The first kappa shape index (κ1) is 19.4. The molecule has 0 radical (unpaired) electrons. The Morgan fingerprint density at radius 3 is 2.52 bits per heavy atom. The second-order valence-corrected chi connectivity index (χ2v) is 8.03. The van der Waals surface area contributed by atoms with Gasteiger partial charge in [0.05, 0.1) is 16.1 Å². The number of nitrogens with zero attached hydrogens (tertiary/aromatic N) is 5. The van der Waals surface area contributed by atoms with Gasteiger partial charge in [0.15, 0.2) is 16.0 Å². The molecule has 11 nitrogen and oxygen atoms in total. The Morgan fingerprint density at radius 2 is 1.93 bits per heavy atom. The quantitative estimate of drug-likeness (QED) is 0.396. The Morgan fingerprint density at radius 1 is 1.21 bits per heavy atom. The molecular formula is C17H13N9O2S. The monoisotopic (exact) mass is 407 g/mol. The van der Waals surface area contributed by atoms with E-state index >= 15 is 0 Å². The Bertz CT molecular complexity index is 1290. The van der Waals surface area contributed by atoms with Gasteiger partial charge in [0.1, 0.15) is 35.4 Å². The Labute approximate surface area is 165 Å². The smallest absolute Gasteiger partial charge is 0.211 e. The number of rotatable bonds is 2. The molecule has 1 aromatic heterocycles. The number of aliphatic imine (C=N–C) groups is 1. The number of nitrogen functional groups attached to an aromatic ring is 2. The van der Waals surface area contributed by atoms with E-state index in [0.29, 0.717) is 11.1 Å². The highest BCUT2D eigenvalue weighted by Gasteiger charge is 2.30. The number of nitriles is 3. The largest absolute Gasteiger partial charge is 0.397 e. The highest BCUT2D eigenvalue weighted by atomic mass is 32.2. The molecule has 0 saturated heterocycles. The molecule has 6 N–H and O–H groups in total. The summed E-state index contributed by atoms with van der Waals surface area (Å²) in [5.74, 6) is 0.132. The molecule has 2 heterocycles. The van der Waals surface area contributed by atoms with Crippen molar-refractivity contribution >= 4 is 33.1 Å². The number of hydrogen-bond donors (Lipinski definition) is 4. The van der Waals surface area contributed by atoms with Gasteiger partial charge in [-0.15, -0.1) is 0 Å². The average Bonchev–Trinajstić information content (AvgIpc) is 2.66. The van der Waals surface area contributed by atoms with E-state index in [4.69, 9.17) is 16.7 Å². The van der Waals surface area contributed by atoms with Crippen molar-refractivity contribution in [1.29, 1.82) is 15.8 Å². The SMILES string of the molecule is CS(=O)(=O)c1ccc(C2N=C(NC#N)Nc3nc(N)c(C#N)c(N)c32)cc1C#N. The first-order valence-electron chi connectivity index (χ1n) is 7.94. The van der Waals surface area contributed by atoms with E-state index in [1.807, 2.05) is 12.1 Å². The zero-order chi connectivity index (χ0) is 21.3. The molecule has 3 rings (SSSR count). The van der Waals surface area contributed by atoms with Crippen molar-refractivity contribution in [3.8, 4) is 18.3 Å². The molecule has 0 bridgehead atoms. The first-order valence-corrected chi connectivity index (χ1v) is 9.83. The van der Waals surface area contributed by atoms with E-state index in [0.717, 1.165) is 6.26 Å². The Kier molecular flexibility index (Phi) is 4.69. The van der Waals surface area contributed by atoms with E-state index in [2.05, 4.69) is 20.6 Å². The third kappa shape index (κ3) is 3.34. The van der Waals surface area contributed by atoms with Crippen LogP contribution >= 0.6 is 0 Å². The number of pyridine rings is 1. The fourth-order valence-electron chi connectivity index (χ4n) is 2.95. The molecule has 0 spiro atoms. The van der Waals surface area contributed by atoms with E-state index in [9.17, 15) is 18.9 Å². The maximum absolute atomic E-state index is 11.9. The van der Waals surface area contributed by atoms with E-state index in [-0.39, 0.29) is 39.3 Å². The fourth-order valence-corrected chi connectivity index (χ4v) is 3.77. The third-order valence-electron chi connectivity index (χ3n) is 4.20. The lowest BCUT2D eigenvalue weighted by atomic mass is 9.94. The molecule has 1 aliphatic heterocycles. The van der Waals surface area contributed by atoms with Crippen molar-refractivity contribution in [3.63, 3.8) is 0 Å². The van der Waals surface area contributed by atoms with Crippen molar-refractivity contribution in [2.24, 2.45) is 4.99 Å². The summed E-state index contributed by atoms with van der Waals surface area (Å²) >= 11 is 0. The fraction of sp³-hybridized carbons (Fsp3) is 0.118. The van der Waals surface area contributed by atoms with Crippen molar-refractivity contribution in [1.82, 2.24) is 10.3 Å². The molecular weight excluding hydrogens is 394 g/mol. The number of benzene rings is 1. The molecule has 2 aromatic rings. The summed E-state index contributed by atoms with van der Waals surface area (Å²) in [6, 6.07) is 7.01. The average molecular weight is 407 g/mol. The minimum absolute atomic E-state index is 0.0318. The topological polar surface area (TPSA) is 207 Å². The van der Waals surface area contributed by atoms with Crippen LogP contribution in [0.1, 0.15) is 28.3 Å². The number of hydrogen-bond acceptors (Lipinski definition) is 11. The summed E-state index contributed by atoms with van der Waals surface area (Å²) in [4.78, 5) is 8.36. The van der Waals surface area contributed by atoms with Gasteiger partial charge in [-0.2, -0.15) is 15.8 Å². The summed E-state index contributed by atoms with van der Waals surface area (Å²) in [7, 11) is -3.62. The second kappa shape index (κ2) is 7.00. The standard InChI is InChI=1S/C17H13N9O2S/c1-29(27,28)11-3-2-8(4-9(11)5-18)14-12-13(21)10(6-19)15(22)25-16(12)26-17(24-14)23-7-20/h2-4,14H,1H3,(H6,21,22,23,24,25,26). The van der Waals surface area contributed by atoms with Crippen LogP contribution in [0.15, 0.2) is 28.1 Å². The summed E-state index contributed by atoms with van der Waals surface area (Å²) < 4.78 is 23.8. The number of anilines is 3. The van der Waals surface area contributed by atoms with Crippen LogP contribution in [0.2, 0.25) is 0 Å². The number of aromatic nitrogens is 1. The van der Waals surface area contributed by atoms with Crippen LogP contribution < -0.4 is 22.1 Å². The van der Waals surface area contributed by atoms with Crippen LogP contribution in [-0.4, -0.2) is 25.6 Å². The van der Waals surface area contributed by atoms with Gasteiger partial charge in [0, 0.05) is 11.8 Å². The lowest BCUT2D eigenvalue weighted by Gasteiger charge is -2.26. The van der Waals surface area contributed by atoms with Gasteiger partial charge in [0.25, 0.3) is 0 Å². The minimum Gasteiger partial charge on any atom is -0.397 e. The van der Waals surface area contributed by atoms with Gasteiger partial charge in [-0.25, -0.2) is 18.4 Å². The number of guanidine groups is 1. The normalized spacial score (nSPS) is 15.0. The lowest BCUT2D eigenvalue weighted by molar-refractivity contribution is 0.601. The molecule has 1 aliphatic rings. The highest BCUT2D eigenvalue weighted by Crippen LogP contribution is 2.40. The maximum atomic E-state index is 11.9. The van der Waals surface area contributed by atoms with Gasteiger partial charge in [0.2, 0.25) is 5.96 Å². The van der Waals surface area contributed by atoms with Crippen molar-refractivity contribution in [3.05, 3.63) is 40.5 Å². The summed E-state index contributed by atoms with van der Waals surface area (Å²) in [6.45, 7) is 0. The van der Waals surface area contributed by atoms with Crippen LogP contribution in [-0.2, 0) is 9.84 Å². The predicted molar refractivity (Wildman–Crippen MR) is 104 cm³/mol. The third-order valence-corrected chi connectivity index (χ3v) is 5.35. The van der Waals surface area contributed by atoms with Gasteiger partial charge >= 0.3 is 0 Å². The maximum Gasteiger partial charge on any atom is 0.211 e. The molecule has 12 heteroatoms. The molecule has 0 amide bonds. The Balaban J connectivity index is 2.29. The van der Waals surface area contributed by atoms with Gasteiger partial charge in [-0.3, -0.25) is 5.32 Å². The molecule has 29 heavy (non-hydrogen) atoms. The van der Waals surface area contributed by atoms with Gasteiger partial charge in [-0.1, -0.05) is 6.07 Å². The van der Waals surface area contributed by atoms with Crippen LogP contribution in [0.4, 0.5) is 17.3 Å². The molecule has 1 atom stereocenters. The van der Waals surface area contributed by atoms with Crippen LogP contribution in [0.3, 0.4) is 0 Å². The van der Waals surface area contributed by atoms with Crippen LogP contribution in [0.25, 0.3) is 0 Å².